The molecule has 14 heavy (non-hydrogen) atoms. The first kappa shape index (κ1) is 11.7. The quantitative estimate of drug-likeness (QED) is 0.507. The average Bonchev–Trinajstić information content (AvgIpc) is 2.08. The third-order valence-electron chi connectivity index (χ3n) is 1.76. The molecule has 0 aromatic heterocycles. The monoisotopic (exact) mass is 271 g/mol. The Morgan fingerprint density at radius 3 is 2.86 bits per heavy atom. The van der Waals surface area contributed by atoms with E-state index in [4.69, 9.17) is 5.73 Å². The maximum atomic E-state index is 5.87. The highest BCUT2D eigenvalue weighted by molar-refractivity contribution is 9.10. The molecule has 0 unspecified atom stereocenters. The number of allylic oxidation sites excluding steroid dienone is 1. The number of hydrogen-bond donors (Lipinski definition) is 1. The zero-order valence-electron chi connectivity index (χ0n) is 8.22. The summed E-state index contributed by atoms with van der Waals surface area (Å²) in [6, 6.07) is 5.99. The molecule has 0 aliphatic carbocycles. The van der Waals surface area contributed by atoms with Crippen LogP contribution in [0.3, 0.4) is 0 Å². The molecule has 0 fully saturated rings. The molecule has 0 aliphatic rings. The summed E-state index contributed by atoms with van der Waals surface area (Å²) >= 11 is 5.16. The number of nitrogens with two attached hydrogens (primary N) is 1. The molecule has 0 spiro atoms. The van der Waals surface area contributed by atoms with Gasteiger partial charge in [-0.25, -0.2) is 0 Å². The summed E-state index contributed by atoms with van der Waals surface area (Å²) in [5.74, 6) is 1.04. The summed E-state index contributed by atoms with van der Waals surface area (Å²) in [4.78, 5) is 1.15. The molecule has 0 radical (unpaired) electrons. The normalized spacial score (nSPS) is 10.1. The Bertz CT molecular complexity index is 336. The van der Waals surface area contributed by atoms with Crippen molar-refractivity contribution in [2.75, 3.05) is 11.5 Å². The van der Waals surface area contributed by atoms with E-state index in [1.807, 2.05) is 25.1 Å². The molecular weight excluding hydrogens is 258 g/mol. The minimum atomic E-state index is 0.839. The molecule has 0 bridgehead atoms. The smallest absolute Gasteiger partial charge is 0.0463 e. The largest absolute Gasteiger partial charge is 0.398 e. The van der Waals surface area contributed by atoms with Crippen LogP contribution in [0.4, 0.5) is 5.69 Å². The summed E-state index contributed by atoms with van der Waals surface area (Å²) in [5, 5.41) is 0. The molecular formula is C11H14BrNS. The predicted octanol–water partition coefficient (Wildman–Crippen LogP) is 4.09. The summed E-state index contributed by atoms with van der Waals surface area (Å²) in [7, 11) is 0. The van der Waals surface area contributed by atoms with Crippen LogP contribution in [0.15, 0.2) is 39.7 Å². The Labute approximate surface area is 97.9 Å². The van der Waals surface area contributed by atoms with Crippen LogP contribution >= 0.6 is 27.7 Å². The molecule has 0 saturated heterocycles. The molecule has 1 nitrogen and oxygen atoms in total. The van der Waals surface area contributed by atoms with Gasteiger partial charge in [0.05, 0.1) is 0 Å². The van der Waals surface area contributed by atoms with E-state index < -0.39 is 0 Å². The van der Waals surface area contributed by atoms with Crippen LogP contribution < -0.4 is 5.73 Å². The Morgan fingerprint density at radius 1 is 1.57 bits per heavy atom. The van der Waals surface area contributed by atoms with Gasteiger partial charge in [-0.15, -0.1) is 18.3 Å². The number of benzene rings is 1. The number of nitrogen functional groups attached to an aromatic ring is 1. The molecule has 1 rings (SSSR count). The topological polar surface area (TPSA) is 26.0 Å². The summed E-state index contributed by atoms with van der Waals surface area (Å²) in [6.45, 7) is 5.92. The van der Waals surface area contributed by atoms with Crippen molar-refractivity contribution in [2.24, 2.45) is 0 Å². The van der Waals surface area contributed by atoms with Crippen molar-refractivity contribution in [1.82, 2.24) is 0 Å². The van der Waals surface area contributed by atoms with Gasteiger partial charge >= 0.3 is 0 Å². The van der Waals surface area contributed by atoms with E-state index in [1.165, 1.54) is 5.57 Å². The van der Waals surface area contributed by atoms with Gasteiger partial charge in [-0.1, -0.05) is 21.5 Å². The number of hydrogen-bond acceptors (Lipinski definition) is 2. The number of anilines is 1. The molecule has 1 aromatic rings. The highest BCUT2D eigenvalue weighted by Crippen LogP contribution is 2.28. The second kappa shape index (κ2) is 5.47. The Morgan fingerprint density at radius 2 is 2.29 bits per heavy atom. The van der Waals surface area contributed by atoms with Gasteiger partial charge in [-0.2, -0.15) is 0 Å². The van der Waals surface area contributed by atoms with E-state index in [1.54, 1.807) is 11.8 Å². The second-order valence-corrected chi connectivity index (χ2v) is 5.29. The first-order valence-electron chi connectivity index (χ1n) is 4.42. The van der Waals surface area contributed by atoms with Gasteiger partial charge < -0.3 is 5.73 Å². The van der Waals surface area contributed by atoms with E-state index in [2.05, 4.69) is 22.5 Å². The Balaban J connectivity index is 2.55. The van der Waals surface area contributed by atoms with E-state index >= 15 is 0 Å². The van der Waals surface area contributed by atoms with Gasteiger partial charge in [0.2, 0.25) is 0 Å². The third-order valence-corrected chi connectivity index (χ3v) is 3.34. The van der Waals surface area contributed by atoms with Crippen molar-refractivity contribution in [3.05, 3.63) is 34.8 Å². The van der Waals surface area contributed by atoms with Gasteiger partial charge in [0.15, 0.2) is 0 Å². The first-order valence-corrected chi connectivity index (χ1v) is 6.19. The Kier molecular flexibility index (Phi) is 4.55. The molecule has 1 aromatic carbocycles. The molecule has 0 saturated carbocycles. The molecule has 0 atom stereocenters. The predicted molar refractivity (Wildman–Crippen MR) is 68.7 cm³/mol. The molecule has 2 N–H and O–H groups in total. The van der Waals surface area contributed by atoms with Crippen molar-refractivity contribution in [3.8, 4) is 0 Å². The maximum Gasteiger partial charge on any atom is 0.0463 e. The zero-order chi connectivity index (χ0) is 10.6. The van der Waals surface area contributed by atoms with Gasteiger partial charge in [-0.3, -0.25) is 0 Å². The van der Waals surface area contributed by atoms with Gasteiger partial charge in [0.25, 0.3) is 0 Å². The van der Waals surface area contributed by atoms with Crippen molar-refractivity contribution < 1.29 is 0 Å². The van der Waals surface area contributed by atoms with Gasteiger partial charge in [0, 0.05) is 20.8 Å². The van der Waals surface area contributed by atoms with Crippen LogP contribution in [0.1, 0.15) is 13.3 Å². The van der Waals surface area contributed by atoms with Crippen LogP contribution in [0.2, 0.25) is 0 Å². The lowest BCUT2D eigenvalue weighted by Gasteiger charge is -2.05. The van der Waals surface area contributed by atoms with Crippen LogP contribution in [0, 0.1) is 0 Å². The van der Waals surface area contributed by atoms with E-state index in [0.717, 1.165) is 27.2 Å². The van der Waals surface area contributed by atoms with Crippen LogP contribution in [0.25, 0.3) is 0 Å². The van der Waals surface area contributed by atoms with E-state index in [9.17, 15) is 0 Å². The van der Waals surface area contributed by atoms with Crippen LogP contribution in [-0.2, 0) is 0 Å². The standard InChI is InChI=1S/C11H14BrNS/c1-8(2)5-6-14-11-4-3-9(12)7-10(11)13/h3-4,7H,1,5-6,13H2,2H3. The maximum absolute atomic E-state index is 5.87. The van der Waals surface area contributed by atoms with Crippen LogP contribution in [-0.4, -0.2) is 5.75 Å². The van der Waals surface area contributed by atoms with Crippen molar-refractivity contribution >= 4 is 33.4 Å². The lowest BCUT2D eigenvalue weighted by Crippen LogP contribution is -1.89. The number of rotatable bonds is 4. The fourth-order valence-electron chi connectivity index (χ4n) is 0.986. The van der Waals surface area contributed by atoms with E-state index in [0.29, 0.717) is 0 Å². The van der Waals surface area contributed by atoms with Crippen molar-refractivity contribution in [3.63, 3.8) is 0 Å². The number of halogens is 1. The summed E-state index contributed by atoms with van der Waals surface area (Å²) in [6.07, 6.45) is 1.04. The molecule has 0 heterocycles. The molecule has 0 aliphatic heterocycles. The third kappa shape index (κ3) is 3.76. The molecule has 0 amide bonds. The van der Waals surface area contributed by atoms with E-state index in [-0.39, 0.29) is 0 Å². The minimum Gasteiger partial charge on any atom is -0.398 e. The zero-order valence-corrected chi connectivity index (χ0v) is 10.6. The average molecular weight is 272 g/mol. The summed E-state index contributed by atoms with van der Waals surface area (Å²) < 4.78 is 1.03. The fourth-order valence-corrected chi connectivity index (χ4v) is 2.43. The van der Waals surface area contributed by atoms with Crippen LogP contribution in [0.5, 0.6) is 0 Å². The highest BCUT2D eigenvalue weighted by atomic mass is 79.9. The minimum absolute atomic E-state index is 0.839. The van der Waals surface area contributed by atoms with Gasteiger partial charge in [0.1, 0.15) is 0 Å². The lowest BCUT2D eigenvalue weighted by atomic mass is 10.3. The van der Waals surface area contributed by atoms with Gasteiger partial charge in [-0.05, 0) is 31.5 Å². The second-order valence-electron chi connectivity index (χ2n) is 3.24. The molecule has 3 heteroatoms. The fraction of sp³-hybridized carbons (Fsp3) is 0.273. The lowest BCUT2D eigenvalue weighted by molar-refractivity contribution is 1.12. The van der Waals surface area contributed by atoms with Crippen molar-refractivity contribution in [2.45, 2.75) is 18.2 Å². The molecule has 76 valence electrons. The first-order chi connectivity index (χ1) is 6.59. The number of thioether (sulfide) groups is 1. The van der Waals surface area contributed by atoms with Crippen molar-refractivity contribution in [1.29, 1.82) is 0 Å². The summed E-state index contributed by atoms with van der Waals surface area (Å²) in [5.41, 5.74) is 7.92. The SMILES string of the molecule is C=C(C)CCSc1ccc(Br)cc1N. The Hall–Kier alpha value is -0.410. The highest BCUT2D eigenvalue weighted by Gasteiger charge is 2.00.